The van der Waals surface area contributed by atoms with Crippen molar-refractivity contribution in [2.45, 2.75) is 50.8 Å². The molecule has 1 aliphatic carbocycles. The molecule has 0 radical (unpaired) electrons. The van der Waals surface area contributed by atoms with Gasteiger partial charge in [0.15, 0.2) is 0 Å². The second-order valence-electron chi connectivity index (χ2n) is 4.70. The molecule has 5 heteroatoms. The number of nitrogens with zero attached hydrogens (tertiary/aromatic N) is 3. The van der Waals surface area contributed by atoms with E-state index in [1.165, 1.54) is 19.3 Å². The lowest BCUT2D eigenvalue weighted by atomic mass is 9.93. The molecule has 2 unspecified atom stereocenters. The maximum absolute atomic E-state index is 5.42. The van der Waals surface area contributed by atoms with E-state index in [1.54, 1.807) is 6.20 Å². The zero-order valence-electron chi connectivity index (χ0n) is 10.5. The van der Waals surface area contributed by atoms with E-state index in [2.05, 4.69) is 15.6 Å². The molecule has 0 bridgehead atoms. The van der Waals surface area contributed by atoms with Gasteiger partial charge < -0.3 is 10.1 Å². The second kappa shape index (κ2) is 6.71. The highest BCUT2D eigenvalue weighted by atomic mass is 16.5. The predicted octanol–water partition coefficient (Wildman–Crippen LogP) is 1.22. The van der Waals surface area contributed by atoms with Gasteiger partial charge in [-0.3, -0.25) is 4.68 Å². The summed E-state index contributed by atoms with van der Waals surface area (Å²) in [7, 11) is 1.82. The molecule has 0 amide bonds. The van der Waals surface area contributed by atoms with Gasteiger partial charge in [0.25, 0.3) is 0 Å². The fourth-order valence-electron chi connectivity index (χ4n) is 2.44. The fourth-order valence-corrected chi connectivity index (χ4v) is 2.44. The van der Waals surface area contributed by atoms with Crippen molar-refractivity contribution in [2.75, 3.05) is 13.7 Å². The Hall–Kier alpha value is -0.940. The molecule has 96 valence electrons. The highest BCUT2D eigenvalue weighted by Crippen LogP contribution is 2.20. The molecule has 1 N–H and O–H groups in total. The van der Waals surface area contributed by atoms with Crippen LogP contribution in [0, 0.1) is 0 Å². The fraction of sp³-hybridized carbons (Fsp3) is 0.833. The van der Waals surface area contributed by atoms with E-state index < -0.39 is 0 Å². The molecule has 0 aromatic carbocycles. The van der Waals surface area contributed by atoms with Crippen LogP contribution in [0.5, 0.6) is 0 Å². The van der Waals surface area contributed by atoms with Crippen LogP contribution in [-0.2, 0) is 11.3 Å². The monoisotopic (exact) mass is 238 g/mol. The third-order valence-corrected chi connectivity index (χ3v) is 3.43. The Labute approximate surface area is 103 Å². The number of methoxy groups -OCH3 is 1. The number of nitrogens with one attached hydrogen (secondary N) is 1. The van der Waals surface area contributed by atoms with Gasteiger partial charge in [0, 0.05) is 25.9 Å². The van der Waals surface area contributed by atoms with Gasteiger partial charge in [-0.15, -0.1) is 5.10 Å². The van der Waals surface area contributed by atoms with Crippen LogP contribution in [0.1, 0.15) is 32.1 Å². The van der Waals surface area contributed by atoms with E-state index in [-0.39, 0.29) is 0 Å². The Morgan fingerprint density at radius 2 is 2.41 bits per heavy atom. The number of ether oxygens (including phenoxy) is 1. The number of hydrogen-bond acceptors (Lipinski definition) is 4. The van der Waals surface area contributed by atoms with Crippen LogP contribution >= 0.6 is 0 Å². The zero-order chi connectivity index (χ0) is 11.9. The molecule has 0 aliphatic heterocycles. The van der Waals surface area contributed by atoms with Crippen LogP contribution in [0.4, 0.5) is 0 Å². The molecule has 2 rings (SSSR count). The minimum absolute atomic E-state index is 0.455. The van der Waals surface area contributed by atoms with Crippen molar-refractivity contribution in [1.82, 2.24) is 20.3 Å². The molecule has 1 heterocycles. The SMILES string of the molecule is COC1CCCC(NCCCn2ccnn2)C1. The molecule has 1 aliphatic rings. The summed E-state index contributed by atoms with van der Waals surface area (Å²) >= 11 is 0. The summed E-state index contributed by atoms with van der Waals surface area (Å²) in [6, 6.07) is 0.629. The molecule has 0 saturated heterocycles. The van der Waals surface area contributed by atoms with Crippen LogP contribution in [0.3, 0.4) is 0 Å². The van der Waals surface area contributed by atoms with Gasteiger partial charge in [-0.1, -0.05) is 5.21 Å². The minimum atomic E-state index is 0.455. The van der Waals surface area contributed by atoms with E-state index in [0.717, 1.165) is 25.9 Å². The second-order valence-corrected chi connectivity index (χ2v) is 4.70. The van der Waals surface area contributed by atoms with Gasteiger partial charge >= 0.3 is 0 Å². The average molecular weight is 238 g/mol. The summed E-state index contributed by atoms with van der Waals surface area (Å²) in [5.74, 6) is 0. The first-order valence-corrected chi connectivity index (χ1v) is 6.49. The van der Waals surface area contributed by atoms with Gasteiger partial charge in [0.05, 0.1) is 12.3 Å². The van der Waals surface area contributed by atoms with Gasteiger partial charge in [0.1, 0.15) is 0 Å². The Kier molecular flexibility index (Phi) is 4.94. The van der Waals surface area contributed by atoms with Crippen molar-refractivity contribution in [3.63, 3.8) is 0 Å². The smallest absolute Gasteiger partial charge is 0.0692 e. The van der Waals surface area contributed by atoms with Crippen LogP contribution in [-0.4, -0.2) is 40.8 Å². The topological polar surface area (TPSA) is 52.0 Å². The third kappa shape index (κ3) is 4.09. The van der Waals surface area contributed by atoms with E-state index in [0.29, 0.717) is 12.1 Å². The molecule has 1 aromatic heterocycles. The summed E-state index contributed by atoms with van der Waals surface area (Å²) < 4.78 is 7.30. The molecule has 1 fully saturated rings. The van der Waals surface area contributed by atoms with Gasteiger partial charge in [-0.25, -0.2) is 0 Å². The van der Waals surface area contributed by atoms with Crippen molar-refractivity contribution in [3.8, 4) is 0 Å². The lowest BCUT2D eigenvalue weighted by Gasteiger charge is -2.28. The van der Waals surface area contributed by atoms with E-state index in [4.69, 9.17) is 4.74 Å². The highest BCUT2D eigenvalue weighted by Gasteiger charge is 2.20. The Morgan fingerprint density at radius 3 is 3.18 bits per heavy atom. The van der Waals surface area contributed by atoms with Gasteiger partial charge in [-0.2, -0.15) is 0 Å². The molecule has 1 aromatic rings. The molecule has 2 atom stereocenters. The third-order valence-electron chi connectivity index (χ3n) is 3.43. The van der Waals surface area contributed by atoms with Crippen molar-refractivity contribution in [3.05, 3.63) is 12.4 Å². The van der Waals surface area contributed by atoms with Crippen LogP contribution < -0.4 is 5.32 Å². The number of rotatable bonds is 6. The first-order valence-electron chi connectivity index (χ1n) is 6.49. The minimum Gasteiger partial charge on any atom is -0.381 e. The van der Waals surface area contributed by atoms with Crippen LogP contribution in [0.25, 0.3) is 0 Å². The average Bonchev–Trinajstić information content (AvgIpc) is 2.88. The van der Waals surface area contributed by atoms with E-state index in [1.807, 2.05) is 18.0 Å². The van der Waals surface area contributed by atoms with E-state index in [9.17, 15) is 0 Å². The van der Waals surface area contributed by atoms with Gasteiger partial charge in [0.2, 0.25) is 0 Å². The first-order chi connectivity index (χ1) is 8.38. The predicted molar refractivity (Wildman–Crippen MR) is 65.7 cm³/mol. The van der Waals surface area contributed by atoms with Gasteiger partial charge in [-0.05, 0) is 38.6 Å². The lowest BCUT2D eigenvalue weighted by molar-refractivity contribution is 0.0588. The molecular formula is C12H22N4O. The maximum atomic E-state index is 5.42. The molecule has 1 saturated carbocycles. The summed E-state index contributed by atoms with van der Waals surface area (Å²) in [6.45, 7) is 1.98. The highest BCUT2D eigenvalue weighted by molar-refractivity contribution is 4.78. The van der Waals surface area contributed by atoms with Crippen molar-refractivity contribution < 1.29 is 4.74 Å². The molecular weight excluding hydrogens is 216 g/mol. The zero-order valence-corrected chi connectivity index (χ0v) is 10.5. The molecule has 17 heavy (non-hydrogen) atoms. The Morgan fingerprint density at radius 1 is 1.47 bits per heavy atom. The summed E-state index contributed by atoms with van der Waals surface area (Å²) in [6.07, 6.45) is 10.1. The van der Waals surface area contributed by atoms with E-state index >= 15 is 0 Å². The summed E-state index contributed by atoms with van der Waals surface area (Å²) in [4.78, 5) is 0. The Bertz CT molecular complexity index is 301. The largest absolute Gasteiger partial charge is 0.381 e. The maximum Gasteiger partial charge on any atom is 0.0692 e. The Balaban J connectivity index is 1.58. The first kappa shape index (κ1) is 12.5. The molecule has 5 nitrogen and oxygen atoms in total. The number of aromatic nitrogens is 3. The molecule has 0 spiro atoms. The standard InChI is InChI=1S/C12H22N4O/c1-17-12-5-2-4-11(10-12)13-6-3-8-16-9-7-14-15-16/h7,9,11-13H,2-6,8,10H2,1H3. The number of hydrogen-bond donors (Lipinski definition) is 1. The normalized spacial score (nSPS) is 25.0. The van der Waals surface area contributed by atoms with Crippen LogP contribution in [0.2, 0.25) is 0 Å². The quantitative estimate of drug-likeness (QED) is 0.757. The van der Waals surface area contributed by atoms with Crippen molar-refractivity contribution in [2.24, 2.45) is 0 Å². The van der Waals surface area contributed by atoms with Crippen LogP contribution in [0.15, 0.2) is 12.4 Å². The summed E-state index contributed by atoms with van der Waals surface area (Å²) in [5.41, 5.74) is 0. The lowest BCUT2D eigenvalue weighted by Crippen LogP contribution is -2.37. The number of aryl methyl sites for hydroxylation is 1. The van der Waals surface area contributed by atoms with Crippen molar-refractivity contribution >= 4 is 0 Å². The van der Waals surface area contributed by atoms with Crippen molar-refractivity contribution in [1.29, 1.82) is 0 Å². The summed E-state index contributed by atoms with van der Waals surface area (Å²) in [5, 5.41) is 11.3.